The number of rotatable bonds is 2. The Morgan fingerprint density at radius 3 is 2.74 bits per heavy atom. The number of hydrogen-bond donors (Lipinski definition) is 1. The minimum atomic E-state index is 0.0104. The van der Waals surface area contributed by atoms with E-state index in [4.69, 9.17) is 4.74 Å². The largest absolute Gasteiger partial charge is 0.377 e. The number of anilines is 2. The third-order valence-corrected chi connectivity index (χ3v) is 5.94. The van der Waals surface area contributed by atoms with E-state index in [0.717, 1.165) is 37.8 Å². The van der Waals surface area contributed by atoms with Crippen LogP contribution < -0.4 is 15.4 Å². The zero-order valence-electron chi connectivity index (χ0n) is 14.0. The molecule has 0 radical (unpaired) electrons. The average molecular weight is 317 g/mol. The van der Waals surface area contributed by atoms with Crippen molar-refractivity contribution >= 4 is 11.5 Å². The molecule has 5 nitrogen and oxygen atoms in total. The summed E-state index contributed by atoms with van der Waals surface area (Å²) in [5, 5.41) is 0. The van der Waals surface area contributed by atoms with Crippen LogP contribution in [0.2, 0.25) is 0 Å². The molecule has 4 rings (SSSR count). The number of aromatic nitrogens is 1. The molecule has 3 aliphatic rings. The molecular formula is C18H27N3O2. The molecular weight excluding hydrogens is 290 g/mol. The molecule has 0 aromatic carbocycles. The second-order valence-corrected chi connectivity index (χ2v) is 7.39. The summed E-state index contributed by atoms with van der Waals surface area (Å²) in [6.07, 6.45) is 7.68. The van der Waals surface area contributed by atoms with Crippen LogP contribution in [0.15, 0.2) is 16.9 Å². The molecule has 0 unspecified atom stereocenters. The van der Waals surface area contributed by atoms with Crippen molar-refractivity contribution in [1.29, 1.82) is 0 Å². The molecule has 126 valence electrons. The average Bonchev–Trinajstić information content (AvgIpc) is 2.53. The zero-order valence-corrected chi connectivity index (χ0v) is 14.0. The molecule has 2 saturated heterocycles. The standard InChI is InChI=1S/C18H27N3O2/c1-14-13-23-10-9-20(14)15-11-16(19-17(22)12-15)21-8-3-2-5-18(21)6-4-7-18/h11-12,14H,2-10,13H2,1H3,(H,19,22)/t14-/m1/s1. The number of hydrogen-bond acceptors (Lipinski definition) is 4. The SMILES string of the molecule is C[C@@H]1COCCN1c1cc(N2CCCCC23CCC3)[nH]c(=O)c1. The summed E-state index contributed by atoms with van der Waals surface area (Å²) in [7, 11) is 0. The van der Waals surface area contributed by atoms with Gasteiger partial charge in [0.25, 0.3) is 5.56 Å². The van der Waals surface area contributed by atoms with Crippen LogP contribution in [-0.2, 0) is 4.74 Å². The van der Waals surface area contributed by atoms with Gasteiger partial charge in [0, 0.05) is 42.5 Å². The van der Waals surface area contributed by atoms with Crippen LogP contribution in [-0.4, -0.2) is 42.9 Å². The van der Waals surface area contributed by atoms with E-state index < -0.39 is 0 Å². The predicted octanol–water partition coefficient (Wildman–Crippen LogP) is 2.51. The molecule has 1 aliphatic carbocycles. The molecule has 1 aromatic rings. The van der Waals surface area contributed by atoms with E-state index in [9.17, 15) is 4.79 Å². The van der Waals surface area contributed by atoms with Crippen LogP contribution in [0.5, 0.6) is 0 Å². The summed E-state index contributed by atoms with van der Waals surface area (Å²) in [5.74, 6) is 1.02. The second-order valence-electron chi connectivity index (χ2n) is 7.39. The highest BCUT2D eigenvalue weighted by atomic mass is 16.5. The van der Waals surface area contributed by atoms with Gasteiger partial charge in [-0.1, -0.05) is 0 Å². The second kappa shape index (κ2) is 5.86. The van der Waals surface area contributed by atoms with E-state index in [2.05, 4.69) is 27.8 Å². The number of nitrogens with one attached hydrogen (secondary N) is 1. The molecule has 3 fully saturated rings. The van der Waals surface area contributed by atoms with Crippen LogP contribution in [0.1, 0.15) is 45.4 Å². The van der Waals surface area contributed by atoms with E-state index in [1.807, 2.05) is 0 Å². The van der Waals surface area contributed by atoms with Crippen molar-refractivity contribution in [3.05, 3.63) is 22.5 Å². The Hall–Kier alpha value is -1.49. The number of ether oxygens (including phenoxy) is 1. The highest BCUT2D eigenvalue weighted by molar-refractivity contribution is 5.57. The summed E-state index contributed by atoms with van der Waals surface area (Å²) >= 11 is 0. The molecule has 3 heterocycles. The molecule has 1 saturated carbocycles. The Bertz CT molecular complexity index is 623. The Balaban J connectivity index is 1.67. The molecule has 23 heavy (non-hydrogen) atoms. The van der Waals surface area contributed by atoms with Gasteiger partial charge in [-0.05, 0) is 45.4 Å². The quantitative estimate of drug-likeness (QED) is 0.910. The lowest BCUT2D eigenvalue weighted by molar-refractivity contribution is 0.0989. The summed E-state index contributed by atoms with van der Waals surface area (Å²) in [4.78, 5) is 20.2. The number of aromatic amines is 1. The van der Waals surface area contributed by atoms with Crippen LogP contribution >= 0.6 is 0 Å². The zero-order chi connectivity index (χ0) is 15.9. The Morgan fingerprint density at radius 2 is 2.00 bits per heavy atom. The van der Waals surface area contributed by atoms with Crippen molar-refractivity contribution < 1.29 is 4.74 Å². The summed E-state index contributed by atoms with van der Waals surface area (Å²) in [5.41, 5.74) is 1.37. The van der Waals surface area contributed by atoms with Crippen LogP contribution in [0.3, 0.4) is 0 Å². The first kappa shape index (κ1) is 15.1. The van der Waals surface area contributed by atoms with Crippen LogP contribution in [0, 0.1) is 0 Å². The van der Waals surface area contributed by atoms with Crippen molar-refractivity contribution in [2.45, 2.75) is 57.0 Å². The number of H-pyrrole nitrogens is 1. The topological polar surface area (TPSA) is 48.6 Å². The van der Waals surface area contributed by atoms with Gasteiger partial charge in [0.1, 0.15) is 5.82 Å². The molecule has 2 aliphatic heterocycles. The molecule has 0 bridgehead atoms. The smallest absolute Gasteiger partial charge is 0.251 e. The maximum Gasteiger partial charge on any atom is 0.251 e. The number of pyridine rings is 1. The lowest BCUT2D eigenvalue weighted by Gasteiger charge is -2.54. The normalized spacial score (nSPS) is 27.1. The predicted molar refractivity (Wildman–Crippen MR) is 92.5 cm³/mol. The minimum Gasteiger partial charge on any atom is -0.377 e. The lowest BCUT2D eigenvalue weighted by atomic mass is 9.70. The summed E-state index contributed by atoms with van der Waals surface area (Å²) in [6.45, 7) is 5.55. The van der Waals surface area contributed by atoms with Gasteiger partial charge >= 0.3 is 0 Å². The summed E-state index contributed by atoms with van der Waals surface area (Å²) < 4.78 is 5.53. The van der Waals surface area contributed by atoms with E-state index in [1.54, 1.807) is 6.07 Å². The van der Waals surface area contributed by atoms with Gasteiger partial charge < -0.3 is 19.5 Å². The van der Waals surface area contributed by atoms with Crippen LogP contribution in [0.25, 0.3) is 0 Å². The van der Waals surface area contributed by atoms with E-state index in [1.165, 1.54) is 38.5 Å². The maximum atomic E-state index is 12.3. The van der Waals surface area contributed by atoms with Gasteiger partial charge in [-0.3, -0.25) is 4.79 Å². The van der Waals surface area contributed by atoms with Crippen molar-refractivity contribution in [2.75, 3.05) is 36.1 Å². The fourth-order valence-electron chi connectivity index (χ4n) is 4.51. The molecule has 1 N–H and O–H groups in total. The van der Waals surface area contributed by atoms with Crippen LogP contribution in [0.4, 0.5) is 11.5 Å². The summed E-state index contributed by atoms with van der Waals surface area (Å²) in [6, 6.07) is 4.24. The van der Waals surface area contributed by atoms with Crippen molar-refractivity contribution in [3.63, 3.8) is 0 Å². The lowest BCUT2D eigenvalue weighted by Crippen LogP contribution is -2.57. The van der Waals surface area contributed by atoms with E-state index in [-0.39, 0.29) is 5.56 Å². The fourth-order valence-corrected chi connectivity index (χ4v) is 4.51. The maximum absolute atomic E-state index is 12.3. The molecule has 1 atom stereocenters. The van der Waals surface area contributed by atoms with Gasteiger partial charge in [0.15, 0.2) is 0 Å². The van der Waals surface area contributed by atoms with Crippen molar-refractivity contribution in [1.82, 2.24) is 4.98 Å². The molecule has 0 amide bonds. The molecule has 1 aromatic heterocycles. The Labute approximate surface area is 137 Å². The third kappa shape index (κ3) is 2.65. The molecule has 1 spiro atoms. The first-order valence-corrected chi connectivity index (χ1v) is 9.04. The fraction of sp³-hybridized carbons (Fsp3) is 0.722. The highest BCUT2D eigenvalue weighted by Crippen LogP contribution is 2.46. The monoisotopic (exact) mass is 317 g/mol. The van der Waals surface area contributed by atoms with Gasteiger partial charge in [-0.15, -0.1) is 0 Å². The minimum absolute atomic E-state index is 0.0104. The number of nitrogens with zero attached hydrogens (tertiary/aromatic N) is 2. The highest BCUT2D eigenvalue weighted by Gasteiger charge is 2.44. The van der Waals surface area contributed by atoms with Gasteiger partial charge in [-0.2, -0.15) is 0 Å². The first-order valence-electron chi connectivity index (χ1n) is 9.04. The Kier molecular flexibility index (Phi) is 3.84. The van der Waals surface area contributed by atoms with Crippen molar-refractivity contribution in [2.24, 2.45) is 0 Å². The number of piperidine rings is 1. The van der Waals surface area contributed by atoms with Gasteiger partial charge in [0.2, 0.25) is 0 Å². The Morgan fingerprint density at radius 1 is 1.17 bits per heavy atom. The van der Waals surface area contributed by atoms with Gasteiger partial charge in [-0.25, -0.2) is 0 Å². The first-order chi connectivity index (χ1) is 11.2. The van der Waals surface area contributed by atoms with Gasteiger partial charge in [0.05, 0.1) is 13.2 Å². The number of morpholine rings is 1. The van der Waals surface area contributed by atoms with E-state index in [0.29, 0.717) is 11.6 Å². The van der Waals surface area contributed by atoms with Crippen molar-refractivity contribution in [3.8, 4) is 0 Å². The van der Waals surface area contributed by atoms with E-state index >= 15 is 0 Å². The third-order valence-electron chi connectivity index (χ3n) is 5.94. The molecule has 5 heteroatoms.